The van der Waals surface area contributed by atoms with Crippen molar-refractivity contribution < 1.29 is 10.0 Å². The van der Waals surface area contributed by atoms with Gasteiger partial charge in [0, 0.05) is 5.69 Å². The smallest absolute Gasteiger partial charge is 0.319 e. The molecule has 102 valence electrons. The SMILES string of the molecule is Cc1cccc(NC(=O)NC(C(N)=NO)C2CC2)c1. The summed E-state index contributed by atoms with van der Waals surface area (Å²) in [5.41, 5.74) is 7.36. The number of urea groups is 1. The van der Waals surface area contributed by atoms with Crippen molar-refractivity contribution in [3.05, 3.63) is 29.8 Å². The first-order valence-electron chi connectivity index (χ1n) is 6.21. The Hall–Kier alpha value is -2.24. The molecule has 19 heavy (non-hydrogen) atoms. The van der Waals surface area contributed by atoms with E-state index < -0.39 is 6.04 Å². The van der Waals surface area contributed by atoms with Crippen molar-refractivity contribution in [2.75, 3.05) is 5.32 Å². The predicted octanol–water partition coefficient (Wildman–Crippen LogP) is 1.64. The number of nitrogens with two attached hydrogens (primary N) is 1. The Morgan fingerprint density at radius 2 is 2.26 bits per heavy atom. The van der Waals surface area contributed by atoms with Crippen LogP contribution in [0.1, 0.15) is 18.4 Å². The van der Waals surface area contributed by atoms with Gasteiger partial charge in [0.25, 0.3) is 0 Å². The third-order valence-electron chi connectivity index (χ3n) is 3.09. The normalized spacial score (nSPS) is 16.8. The maximum Gasteiger partial charge on any atom is 0.319 e. The third kappa shape index (κ3) is 3.61. The molecule has 6 nitrogen and oxygen atoms in total. The summed E-state index contributed by atoms with van der Waals surface area (Å²) in [6, 6.07) is 6.74. The molecule has 6 heteroatoms. The molecule has 0 aromatic heterocycles. The van der Waals surface area contributed by atoms with Gasteiger partial charge in [0.2, 0.25) is 0 Å². The van der Waals surface area contributed by atoms with Crippen LogP contribution in [0.15, 0.2) is 29.4 Å². The monoisotopic (exact) mass is 262 g/mol. The Bertz CT molecular complexity index is 497. The van der Waals surface area contributed by atoms with Gasteiger partial charge in [0.1, 0.15) is 0 Å². The number of benzene rings is 1. The molecule has 1 aliphatic carbocycles. The number of hydrogen-bond acceptors (Lipinski definition) is 3. The number of oxime groups is 1. The van der Waals surface area contributed by atoms with Gasteiger partial charge in [-0.1, -0.05) is 17.3 Å². The molecule has 0 spiro atoms. The summed E-state index contributed by atoms with van der Waals surface area (Å²) in [4.78, 5) is 11.9. The second kappa shape index (κ2) is 5.60. The zero-order chi connectivity index (χ0) is 13.8. The summed E-state index contributed by atoms with van der Waals surface area (Å²) in [7, 11) is 0. The van der Waals surface area contributed by atoms with Crippen LogP contribution in [0.3, 0.4) is 0 Å². The van der Waals surface area contributed by atoms with E-state index in [-0.39, 0.29) is 17.8 Å². The quantitative estimate of drug-likeness (QED) is 0.287. The molecule has 1 fully saturated rings. The van der Waals surface area contributed by atoms with Crippen LogP contribution in [0.25, 0.3) is 0 Å². The van der Waals surface area contributed by atoms with Gasteiger partial charge >= 0.3 is 6.03 Å². The van der Waals surface area contributed by atoms with Crippen molar-refractivity contribution in [1.29, 1.82) is 0 Å². The van der Waals surface area contributed by atoms with Crippen molar-refractivity contribution in [3.63, 3.8) is 0 Å². The van der Waals surface area contributed by atoms with Crippen LogP contribution < -0.4 is 16.4 Å². The second-order valence-corrected chi connectivity index (χ2v) is 4.81. The average Bonchev–Trinajstić information content (AvgIpc) is 3.19. The first-order valence-corrected chi connectivity index (χ1v) is 6.21. The van der Waals surface area contributed by atoms with E-state index in [1.165, 1.54) is 0 Å². The van der Waals surface area contributed by atoms with Gasteiger partial charge in [-0.25, -0.2) is 4.79 Å². The highest BCUT2D eigenvalue weighted by molar-refractivity contribution is 5.95. The number of rotatable bonds is 4. The lowest BCUT2D eigenvalue weighted by Gasteiger charge is -2.17. The molecule has 1 aromatic carbocycles. The highest BCUT2D eigenvalue weighted by atomic mass is 16.4. The van der Waals surface area contributed by atoms with E-state index in [9.17, 15) is 4.79 Å². The number of aryl methyl sites for hydroxylation is 1. The minimum Gasteiger partial charge on any atom is -0.409 e. The molecule has 1 unspecified atom stereocenters. The number of nitrogens with one attached hydrogen (secondary N) is 2. The number of carbonyl (C=O) groups is 1. The van der Waals surface area contributed by atoms with Crippen molar-refractivity contribution in [2.24, 2.45) is 16.8 Å². The van der Waals surface area contributed by atoms with Gasteiger partial charge in [0.15, 0.2) is 5.84 Å². The van der Waals surface area contributed by atoms with Crippen molar-refractivity contribution in [3.8, 4) is 0 Å². The largest absolute Gasteiger partial charge is 0.409 e. The Labute approximate surface area is 111 Å². The van der Waals surface area contributed by atoms with E-state index in [1.807, 2.05) is 31.2 Å². The van der Waals surface area contributed by atoms with Crippen LogP contribution in [-0.2, 0) is 0 Å². The van der Waals surface area contributed by atoms with Gasteiger partial charge in [-0.3, -0.25) is 0 Å². The van der Waals surface area contributed by atoms with Crippen LogP contribution in [0, 0.1) is 12.8 Å². The molecule has 0 aliphatic heterocycles. The van der Waals surface area contributed by atoms with Crippen LogP contribution in [0.5, 0.6) is 0 Å². The fourth-order valence-electron chi connectivity index (χ4n) is 1.96. The minimum atomic E-state index is -0.408. The molecule has 0 radical (unpaired) electrons. The molecule has 2 rings (SSSR count). The topological polar surface area (TPSA) is 99.7 Å². The lowest BCUT2D eigenvalue weighted by atomic mass is 10.1. The molecule has 0 saturated heterocycles. The minimum absolute atomic E-state index is 0.0434. The number of amides is 2. The first kappa shape index (κ1) is 13.2. The number of amidine groups is 1. The predicted molar refractivity (Wildman–Crippen MR) is 73.3 cm³/mol. The Balaban J connectivity index is 1.96. The highest BCUT2D eigenvalue weighted by Gasteiger charge is 2.35. The fraction of sp³-hybridized carbons (Fsp3) is 0.385. The van der Waals surface area contributed by atoms with E-state index in [4.69, 9.17) is 10.9 Å². The van der Waals surface area contributed by atoms with Crippen molar-refractivity contribution in [1.82, 2.24) is 5.32 Å². The second-order valence-electron chi connectivity index (χ2n) is 4.81. The number of carbonyl (C=O) groups excluding carboxylic acids is 1. The lowest BCUT2D eigenvalue weighted by Crippen LogP contribution is -2.47. The van der Waals surface area contributed by atoms with Gasteiger partial charge in [-0.2, -0.15) is 0 Å². The Morgan fingerprint density at radius 3 is 2.84 bits per heavy atom. The molecule has 1 aliphatic rings. The number of nitrogens with zero attached hydrogens (tertiary/aromatic N) is 1. The summed E-state index contributed by atoms with van der Waals surface area (Å²) in [5, 5.41) is 17.2. The maximum atomic E-state index is 11.9. The van der Waals surface area contributed by atoms with E-state index in [2.05, 4.69) is 15.8 Å². The number of anilines is 1. The average molecular weight is 262 g/mol. The van der Waals surface area contributed by atoms with Crippen LogP contribution in [0.2, 0.25) is 0 Å². The summed E-state index contributed by atoms with van der Waals surface area (Å²) in [5.74, 6) is 0.307. The van der Waals surface area contributed by atoms with E-state index in [1.54, 1.807) is 0 Å². The molecule has 1 atom stereocenters. The zero-order valence-corrected chi connectivity index (χ0v) is 10.8. The molecule has 0 heterocycles. The molecule has 1 aromatic rings. The molecule has 2 amide bonds. The maximum absolute atomic E-state index is 11.9. The summed E-state index contributed by atoms with van der Waals surface area (Å²) < 4.78 is 0. The van der Waals surface area contributed by atoms with Gasteiger partial charge in [-0.15, -0.1) is 0 Å². The number of hydrogen-bond donors (Lipinski definition) is 4. The van der Waals surface area contributed by atoms with Crippen molar-refractivity contribution in [2.45, 2.75) is 25.8 Å². The molecule has 1 saturated carbocycles. The molecular weight excluding hydrogens is 244 g/mol. The van der Waals surface area contributed by atoms with Crippen LogP contribution in [-0.4, -0.2) is 23.1 Å². The van der Waals surface area contributed by atoms with E-state index >= 15 is 0 Å². The third-order valence-corrected chi connectivity index (χ3v) is 3.09. The summed E-state index contributed by atoms with van der Waals surface area (Å²) >= 11 is 0. The van der Waals surface area contributed by atoms with Gasteiger partial charge in [0.05, 0.1) is 6.04 Å². The Morgan fingerprint density at radius 1 is 1.53 bits per heavy atom. The molecular formula is C13H18N4O2. The lowest BCUT2D eigenvalue weighted by molar-refractivity contribution is 0.249. The van der Waals surface area contributed by atoms with Crippen LogP contribution >= 0.6 is 0 Å². The van der Waals surface area contributed by atoms with E-state index in [0.29, 0.717) is 5.69 Å². The molecule has 5 N–H and O–H groups in total. The standard InChI is InChI=1S/C13H18N4O2/c1-8-3-2-4-10(7-8)15-13(18)16-11(9-5-6-9)12(14)17-19/h2-4,7,9,11,19H,5-6H2,1H3,(H2,14,17)(H2,15,16,18). The van der Waals surface area contributed by atoms with Gasteiger partial charge < -0.3 is 21.6 Å². The Kier molecular flexibility index (Phi) is 3.89. The zero-order valence-electron chi connectivity index (χ0n) is 10.8. The van der Waals surface area contributed by atoms with Crippen LogP contribution in [0.4, 0.5) is 10.5 Å². The van der Waals surface area contributed by atoms with Gasteiger partial charge in [-0.05, 0) is 43.4 Å². The summed E-state index contributed by atoms with van der Waals surface area (Å²) in [6.07, 6.45) is 1.96. The fourth-order valence-corrected chi connectivity index (χ4v) is 1.96. The highest BCUT2D eigenvalue weighted by Crippen LogP contribution is 2.32. The first-order chi connectivity index (χ1) is 9.10. The summed E-state index contributed by atoms with van der Waals surface area (Å²) in [6.45, 7) is 1.95. The molecule has 0 bridgehead atoms. The van der Waals surface area contributed by atoms with E-state index in [0.717, 1.165) is 18.4 Å². The van der Waals surface area contributed by atoms with Crippen molar-refractivity contribution >= 4 is 17.6 Å².